The molecule has 0 aliphatic heterocycles. The van der Waals surface area contributed by atoms with E-state index < -0.39 is 52.7 Å². The van der Waals surface area contributed by atoms with Crippen molar-refractivity contribution in [2.75, 3.05) is 0 Å². The molecule has 0 bridgehead atoms. The fourth-order valence-electron chi connectivity index (χ4n) is 2.63. The quantitative estimate of drug-likeness (QED) is 0.296. The summed E-state index contributed by atoms with van der Waals surface area (Å²) in [5, 5.41) is 9.34. The number of carbonyl (C=O) groups is 1. The molecule has 1 atom stereocenters. The van der Waals surface area contributed by atoms with E-state index in [1.807, 2.05) is 22.6 Å². The van der Waals surface area contributed by atoms with Gasteiger partial charge in [0.1, 0.15) is 10.0 Å². The van der Waals surface area contributed by atoms with Crippen LogP contribution in [0.1, 0.15) is 39.0 Å². The standard InChI is InChI=1S/C13H17F6IO3/c1-2-9(20)10(21)23-8-5-3-7(4-6-8)11(22,12(14,15)16)13(17,18)19/h7-9,22H,2-6H2,1H3. The Kier molecular flexibility index (Phi) is 6.62. The lowest BCUT2D eigenvalue weighted by molar-refractivity contribution is -0.387. The van der Waals surface area contributed by atoms with Crippen molar-refractivity contribution in [3.8, 4) is 0 Å². The van der Waals surface area contributed by atoms with Gasteiger partial charge < -0.3 is 9.84 Å². The number of hydrogen-bond acceptors (Lipinski definition) is 3. The average molecular weight is 462 g/mol. The smallest absolute Gasteiger partial charge is 0.426 e. The fraction of sp³-hybridized carbons (Fsp3) is 0.923. The zero-order valence-electron chi connectivity index (χ0n) is 12.2. The first-order valence-corrected chi connectivity index (χ1v) is 8.29. The lowest BCUT2D eigenvalue weighted by atomic mass is 9.75. The summed E-state index contributed by atoms with van der Waals surface area (Å²) in [7, 11) is 0. The number of esters is 1. The number of alkyl halides is 7. The highest BCUT2D eigenvalue weighted by Crippen LogP contribution is 2.51. The zero-order valence-corrected chi connectivity index (χ0v) is 14.3. The van der Waals surface area contributed by atoms with Gasteiger partial charge in [-0.2, -0.15) is 26.3 Å². The first-order chi connectivity index (χ1) is 10.3. The molecule has 0 saturated heterocycles. The van der Waals surface area contributed by atoms with Crippen molar-refractivity contribution in [1.82, 2.24) is 0 Å². The SMILES string of the molecule is CCC(I)C(=O)OC1CCC(C(O)(C(F)(F)F)C(F)(F)F)CC1. The Morgan fingerprint density at radius 1 is 1.13 bits per heavy atom. The van der Waals surface area contributed by atoms with Crippen LogP contribution in [0.2, 0.25) is 0 Å². The molecule has 1 unspecified atom stereocenters. The largest absolute Gasteiger partial charge is 0.462 e. The maximum absolute atomic E-state index is 12.8. The van der Waals surface area contributed by atoms with E-state index in [0.717, 1.165) is 0 Å². The monoisotopic (exact) mass is 462 g/mol. The van der Waals surface area contributed by atoms with Gasteiger partial charge in [0.2, 0.25) is 0 Å². The molecule has 0 radical (unpaired) electrons. The van der Waals surface area contributed by atoms with Gasteiger partial charge in [-0.25, -0.2) is 0 Å². The molecule has 1 aliphatic carbocycles. The van der Waals surface area contributed by atoms with Crippen molar-refractivity contribution < 1.29 is 41.0 Å². The number of halogens is 7. The summed E-state index contributed by atoms with van der Waals surface area (Å²) in [5.41, 5.74) is -4.73. The summed E-state index contributed by atoms with van der Waals surface area (Å²) < 4.78 is 81.4. The summed E-state index contributed by atoms with van der Waals surface area (Å²) in [6, 6.07) is 0. The van der Waals surface area contributed by atoms with Crippen molar-refractivity contribution in [3.05, 3.63) is 0 Å². The minimum Gasteiger partial charge on any atom is -0.462 e. The van der Waals surface area contributed by atoms with E-state index in [1.54, 1.807) is 6.92 Å². The van der Waals surface area contributed by atoms with Crippen LogP contribution in [0, 0.1) is 5.92 Å². The van der Waals surface area contributed by atoms with E-state index >= 15 is 0 Å². The summed E-state index contributed by atoms with van der Waals surface area (Å²) >= 11 is 1.85. The van der Waals surface area contributed by atoms with Gasteiger partial charge in [0.05, 0.1) is 0 Å². The molecule has 3 nitrogen and oxygen atoms in total. The zero-order chi connectivity index (χ0) is 18.1. The second-order valence-corrected chi connectivity index (χ2v) is 7.05. The molecule has 1 N–H and O–H groups in total. The van der Waals surface area contributed by atoms with Gasteiger partial charge in [-0.05, 0) is 32.1 Å². The minimum absolute atomic E-state index is 0.141. The summed E-state index contributed by atoms with van der Waals surface area (Å²) in [5.74, 6) is -2.53. The Balaban J connectivity index is 2.76. The third-order valence-electron chi connectivity index (χ3n) is 4.03. The molecule has 0 spiro atoms. The first kappa shape index (κ1) is 20.8. The number of rotatable bonds is 4. The van der Waals surface area contributed by atoms with Gasteiger partial charge in [-0.1, -0.05) is 29.5 Å². The lowest BCUT2D eigenvalue weighted by Gasteiger charge is -2.41. The predicted octanol–water partition coefficient (Wildman–Crippen LogP) is 4.16. The van der Waals surface area contributed by atoms with E-state index in [2.05, 4.69) is 0 Å². The van der Waals surface area contributed by atoms with Crippen LogP contribution in [0.5, 0.6) is 0 Å². The third-order valence-corrected chi connectivity index (χ3v) is 5.42. The predicted molar refractivity (Wildman–Crippen MR) is 77.0 cm³/mol. The normalized spacial score (nSPS) is 25.1. The third kappa shape index (κ3) is 4.43. The number of carbonyl (C=O) groups excluding carboxylic acids is 1. The van der Waals surface area contributed by atoms with Crippen LogP contribution in [-0.2, 0) is 9.53 Å². The molecule has 1 saturated carbocycles. The average Bonchev–Trinajstić information content (AvgIpc) is 2.43. The van der Waals surface area contributed by atoms with Crippen molar-refractivity contribution >= 4 is 28.6 Å². The molecule has 0 aromatic rings. The summed E-state index contributed by atoms with van der Waals surface area (Å²) in [6.07, 6.45) is -13.2. The van der Waals surface area contributed by atoms with Gasteiger partial charge >= 0.3 is 18.3 Å². The van der Waals surface area contributed by atoms with Crippen molar-refractivity contribution in [1.29, 1.82) is 0 Å². The van der Waals surface area contributed by atoms with Gasteiger partial charge in [-0.3, -0.25) is 4.79 Å². The molecular formula is C13H17F6IO3. The van der Waals surface area contributed by atoms with Crippen LogP contribution in [0.15, 0.2) is 0 Å². The molecule has 23 heavy (non-hydrogen) atoms. The maximum atomic E-state index is 12.8. The Labute approximate surface area is 142 Å². The molecule has 1 fully saturated rings. The van der Waals surface area contributed by atoms with Gasteiger partial charge in [0.15, 0.2) is 0 Å². The number of ether oxygens (including phenoxy) is 1. The van der Waals surface area contributed by atoms with E-state index in [0.29, 0.717) is 6.42 Å². The van der Waals surface area contributed by atoms with Crippen LogP contribution < -0.4 is 0 Å². The van der Waals surface area contributed by atoms with Gasteiger partial charge in [0, 0.05) is 5.92 Å². The molecular weight excluding hydrogens is 445 g/mol. The van der Waals surface area contributed by atoms with Crippen LogP contribution in [0.4, 0.5) is 26.3 Å². The molecule has 0 aromatic carbocycles. The molecule has 0 aromatic heterocycles. The topological polar surface area (TPSA) is 46.5 Å². The molecule has 1 aliphatic rings. The van der Waals surface area contributed by atoms with E-state index in [4.69, 9.17) is 4.74 Å². The number of hydrogen-bond donors (Lipinski definition) is 1. The molecule has 136 valence electrons. The second kappa shape index (κ2) is 7.32. The molecule has 0 amide bonds. The van der Waals surface area contributed by atoms with Gasteiger partial charge in [0.25, 0.3) is 5.60 Å². The minimum atomic E-state index is -5.81. The second-order valence-electron chi connectivity index (χ2n) is 5.55. The van der Waals surface area contributed by atoms with E-state index in [1.165, 1.54) is 0 Å². The van der Waals surface area contributed by atoms with E-state index in [9.17, 15) is 36.2 Å². The Morgan fingerprint density at radius 3 is 1.91 bits per heavy atom. The summed E-state index contributed by atoms with van der Waals surface area (Å²) in [4.78, 5) is 11.6. The Hall–Kier alpha value is -0.260. The highest BCUT2D eigenvalue weighted by atomic mass is 127. The van der Waals surface area contributed by atoms with Crippen molar-refractivity contribution in [2.24, 2.45) is 5.92 Å². The Bertz CT molecular complexity index is 401. The first-order valence-electron chi connectivity index (χ1n) is 7.05. The highest BCUT2D eigenvalue weighted by molar-refractivity contribution is 14.1. The molecule has 10 heteroatoms. The van der Waals surface area contributed by atoms with Crippen molar-refractivity contribution in [3.63, 3.8) is 0 Å². The Morgan fingerprint density at radius 2 is 1.57 bits per heavy atom. The highest BCUT2D eigenvalue weighted by Gasteiger charge is 2.73. The van der Waals surface area contributed by atoms with Crippen LogP contribution in [0.3, 0.4) is 0 Å². The molecule has 0 heterocycles. The summed E-state index contributed by atoms with van der Waals surface area (Å²) in [6.45, 7) is 1.75. The fourth-order valence-corrected chi connectivity index (χ4v) is 2.77. The van der Waals surface area contributed by atoms with Gasteiger partial charge in [-0.15, -0.1) is 0 Å². The van der Waals surface area contributed by atoms with Crippen LogP contribution >= 0.6 is 22.6 Å². The van der Waals surface area contributed by atoms with Crippen LogP contribution in [0.25, 0.3) is 0 Å². The van der Waals surface area contributed by atoms with Crippen LogP contribution in [-0.4, -0.2) is 39.1 Å². The molecule has 1 rings (SSSR count). The maximum Gasteiger partial charge on any atom is 0.426 e. The van der Waals surface area contributed by atoms with Crippen molar-refractivity contribution in [2.45, 2.75) is 67.0 Å². The lowest BCUT2D eigenvalue weighted by Crippen LogP contribution is -2.62. The van der Waals surface area contributed by atoms with E-state index in [-0.39, 0.29) is 12.8 Å². The number of aliphatic hydroxyl groups is 1.